The van der Waals surface area contributed by atoms with Gasteiger partial charge in [-0.2, -0.15) is 10.2 Å². The molecule has 0 aromatic heterocycles. The summed E-state index contributed by atoms with van der Waals surface area (Å²) in [5.41, 5.74) is 9.91. The van der Waals surface area contributed by atoms with Gasteiger partial charge in [0.1, 0.15) is 11.3 Å². The molecule has 11 nitrogen and oxygen atoms in total. The van der Waals surface area contributed by atoms with Crippen molar-refractivity contribution in [3.63, 3.8) is 0 Å². The lowest BCUT2D eigenvalue weighted by Gasteiger charge is -2.10. The molecule has 0 heterocycles. The number of phenolic OH excluding ortho intramolecular Hbond substituents is 1. The zero-order chi connectivity index (χ0) is 35.7. The molecular formula is C40H40N7O4+. The quantitative estimate of drug-likeness (QED) is 0.0858. The number of carbonyl (C=O) groups is 2. The molecule has 0 spiro atoms. The number of azo groups is 2. The van der Waals surface area contributed by atoms with Crippen molar-refractivity contribution >= 4 is 57.5 Å². The fourth-order valence-electron chi connectivity index (χ4n) is 5.86. The molecule has 0 saturated carbocycles. The minimum atomic E-state index is -0.433. The van der Waals surface area contributed by atoms with E-state index in [0.717, 1.165) is 46.2 Å². The fraction of sp³-hybridized carbons (Fsp3) is 0.200. The molecule has 0 fully saturated rings. The van der Waals surface area contributed by atoms with Crippen LogP contribution >= 0.6 is 0 Å². The third-order valence-corrected chi connectivity index (χ3v) is 8.51. The third-order valence-electron chi connectivity index (χ3n) is 8.51. The second-order valence-corrected chi connectivity index (χ2v) is 12.2. The van der Waals surface area contributed by atoms with Crippen LogP contribution in [0, 0.1) is 0 Å². The molecule has 6 rings (SSSR count). The molecule has 0 atom stereocenters. The summed E-state index contributed by atoms with van der Waals surface area (Å²) >= 11 is 0. The average Bonchev–Trinajstić information content (AvgIpc) is 3.16. The minimum Gasteiger partial charge on any atom is -0.591 e. The predicted molar refractivity (Wildman–Crippen MR) is 201 cm³/mol. The summed E-state index contributed by atoms with van der Waals surface area (Å²) in [7, 11) is 0. The number of nitrogens with two attached hydrogens (primary N) is 1. The fourth-order valence-corrected chi connectivity index (χ4v) is 5.86. The van der Waals surface area contributed by atoms with E-state index >= 15 is 0 Å². The third kappa shape index (κ3) is 8.00. The molecule has 0 saturated heterocycles. The van der Waals surface area contributed by atoms with Gasteiger partial charge in [-0.05, 0) is 83.8 Å². The van der Waals surface area contributed by atoms with E-state index in [1.165, 1.54) is 0 Å². The highest BCUT2D eigenvalue weighted by Gasteiger charge is 2.22. The topological polar surface area (TPSA) is 177 Å². The normalized spacial score (nSPS) is 12.4. The van der Waals surface area contributed by atoms with Crippen molar-refractivity contribution in [1.29, 1.82) is 0 Å². The first-order chi connectivity index (χ1) is 24.9. The number of rotatable bonds is 12. The van der Waals surface area contributed by atoms with Crippen molar-refractivity contribution in [2.75, 3.05) is 19.6 Å². The van der Waals surface area contributed by atoms with Crippen LogP contribution in [0.2, 0.25) is 0 Å². The monoisotopic (exact) mass is 682 g/mol. The van der Waals surface area contributed by atoms with E-state index in [9.17, 15) is 14.7 Å². The number of hydrogen-bond donors (Lipinski definition) is 4. The number of carbonyl (C=O) groups excluding carboxylic acids is 2. The summed E-state index contributed by atoms with van der Waals surface area (Å²) in [5, 5.41) is 46.1. The number of hydrogen-bond acceptors (Lipinski definition) is 8. The van der Waals surface area contributed by atoms with Gasteiger partial charge in [0, 0.05) is 30.2 Å². The maximum absolute atomic E-state index is 12.8. The lowest BCUT2D eigenvalue weighted by molar-refractivity contribution is 0.0943. The van der Waals surface area contributed by atoms with Crippen molar-refractivity contribution in [3.8, 4) is 11.5 Å². The second-order valence-electron chi connectivity index (χ2n) is 12.2. The van der Waals surface area contributed by atoms with E-state index in [2.05, 4.69) is 43.2 Å². The van der Waals surface area contributed by atoms with Gasteiger partial charge in [0.15, 0.2) is 11.4 Å². The lowest BCUT2D eigenvalue weighted by atomic mass is 10.0. The first kappa shape index (κ1) is 34.7. The SMILES string of the molecule is CCCNC(=O)c1cc2c(c(N=Nc3ccc(Cc4ccc(N=Nc5c(O)c(C(=O)NCCN)cc6ccccc56)cc4)cc3)c1[OH2+])=CCCC=2. The van der Waals surface area contributed by atoms with Gasteiger partial charge in [-0.25, -0.2) is 0 Å². The zero-order valence-corrected chi connectivity index (χ0v) is 28.3. The molecule has 2 amide bonds. The Labute approximate surface area is 295 Å². The Balaban J connectivity index is 1.16. The van der Waals surface area contributed by atoms with Crippen molar-refractivity contribution in [3.05, 3.63) is 118 Å². The Morgan fingerprint density at radius 1 is 0.765 bits per heavy atom. The molecule has 11 heteroatoms. The summed E-state index contributed by atoms with van der Waals surface area (Å²) in [6.07, 6.45) is 7.33. The van der Waals surface area contributed by atoms with Crippen molar-refractivity contribution < 1.29 is 19.8 Å². The number of benzene rings is 5. The Morgan fingerprint density at radius 3 is 2.04 bits per heavy atom. The van der Waals surface area contributed by atoms with Gasteiger partial charge in [0.25, 0.3) is 17.6 Å². The second kappa shape index (κ2) is 16.0. The van der Waals surface area contributed by atoms with Gasteiger partial charge in [0.05, 0.1) is 16.9 Å². The highest BCUT2D eigenvalue weighted by atomic mass is 16.3. The summed E-state index contributed by atoms with van der Waals surface area (Å²) in [6.45, 7) is 3.10. The van der Waals surface area contributed by atoms with E-state index in [4.69, 9.17) is 10.8 Å². The van der Waals surface area contributed by atoms with Gasteiger partial charge in [-0.1, -0.05) is 67.6 Å². The van der Waals surface area contributed by atoms with Crippen LogP contribution in [0.4, 0.5) is 22.7 Å². The van der Waals surface area contributed by atoms with Gasteiger partial charge in [-0.3, -0.25) is 9.59 Å². The highest BCUT2D eigenvalue weighted by molar-refractivity contribution is 6.06. The Hall–Kier alpha value is -6.20. The summed E-state index contributed by atoms with van der Waals surface area (Å²) in [5.74, 6) is -0.881. The van der Waals surface area contributed by atoms with Crippen molar-refractivity contribution in [1.82, 2.24) is 10.6 Å². The smallest absolute Gasteiger partial charge is 0.295 e. The Kier molecular flexibility index (Phi) is 10.9. The first-order valence-corrected chi connectivity index (χ1v) is 17.0. The van der Waals surface area contributed by atoms with Crippen LogP contribution in [-0.2, 0) is 6.42 Å². The van der Waals surface area contributed by atoms with E-state index in [0.29, 0.717) is 41.0 Å². The van der Waals surface area contributed by atoms with Crippen LogP contribution in [0.15, 0.2) is 105 Å². The number of nitrogens with zero attached hydrogens (tertiary/aromatic N) is 4. The van der Waals surface area contributed by atoms with Crippen LogP contribution in [0.5, 0.6) is 11.5 Å². The van der Waals surface area contributed by atoms with Crippen LogP contribution in [-0.4, -0.2) is 41.7 Å². The van der Waals surface area contributed by atoms with E-state index < -0.39 is 5.91 Å². The summed E-state index contributed by atoms with van der Waals surface area (Å²) in [6, 6.07) is 26.1. The number of amides is 2. The van der Waals surface area contributed by atoms with Crippen molar-refractivity contribution in [2.24, 2.45) is 26.2 Å². The Bertz CT molecular complexity index is 2260. The molecule has 0 bridgehead atoms. The van der Waals surface area contributed by atoms with Crippen LogP contribution < -0.4 is 26.8 Å². The highest BCUT2D eigenvalue weighted by Crippen LogP contribution is 2.39. The molecule has 5 aromatic rings. The first-order valence-electron chi connectivity index (χ1n) is 17.0. The van der Waals surface area contributed by atoms with E-state index in [-0.39, 0.29) is 41.7 Å². The molecular weight excluding hydrogens is 642 g/mol. The van der Waals surface area contributed by atoms with E-state index in [1.807, 2.05) is 79.7 Å². The van der Waals surface area contributed by atoms with Crippen molar-refractivity contribution in [2.45, 2.75) is 32.6 Å². The predicted octanol–water partition coefficient (Wildman–Crippen LogP) is 6.59. The lowest BCUT2D eigenvalue weighted by Crippen LogP contribution is -2.31. The summed E-state index contributed by atoms with van der Waals surface area (Å²) in [4.78, 5) is 25.5. The molecule has 0 unspecified atom stereocenters. The number of aromatic hydroxyl groups is 1. The summed E-state index contributed by atoms with van der Waals surface area (Å²) < 4.78 is 0. The maximum atomic E-state index is 12.8. The van der Waals surface area contributed by atoms with Crippen LogP contribution in [0.25, 0.3) is 22.9 Å². The van der Waals surface area contributed by atoms with Gasteiger partial charge < -0.3 is 26.6 Å². The number of phenols is 1. The number of nitrogens with one attached hydrogen (secondary N) is 2. The molecule has 1 aliphatic rings. The molecule has 0 aliphatic heterocycles. The molecule has 1 aliphatic carbocycles. The standard InChI is InChI=1S/C40H39N7O4/c1-2-20-42-39(50)33-23-27-7-3-5-9-31(27)35(37(33)48)46-44-29-15-11-25(12-16-29)22-26-13-17-30(18-14-26)45-47-36-32-10-6-4-8-28(32)24-34(38(36)49)40(51)43-21-19-41/h4,6-18,23-24,48-49H,2-3,5,19-22,41H2,1H3,(H,42,50)(H,43,51)/p+1. The van der Waals surface area contributed by atoms with Gasteiger partial charge in [0.2, 0.25) is 0 Å². The van der Waals surface area contributed by atoms with Crippen LogP contribution in [0.1, 0.15) is 58.0 Å². The van der Waals surface area contributed by atoms with Gasteiger partial charge in [-0.15, -0.1) is 10.2 Å². The Morgan fingerprint density at radius 2 is 1.37 bits per heavy atom. The minimum absolute atomic E-state index is 0.0710. The zero-order valence-electron chi connectivity index (χ0n) is 28.3. The maximum Gasteiger partial charge on any atom is 0.295 e. The number of fused-ring (bicyclic) bond motifs is 2. The largest absolute Gasteiger partial charge is 0.591 e. The van der Waals surface area contributed by atoms with E-state index in [1.54, 1.807) is 12.1 Å². The molecule has 51 heavy (non-hydrogen) atoms. The molecule has 258 valence electrons. The van der Waals surface area contributed by atoms with Crippen LogP contribution in [0.3, 0.4) is 0 Å². The molecule has 5 aromatic carbocycles. The van der Waals surface area contributed by atoms with Gasteiger partial charge >= 0.3 is 0 Å². The molecule has 7 N–H and O–H groups in total. The molecule has 0 radical (unpaired) electrons. The average molecular weight is 683 g/mol.